The molecule has 1 aromatic carbocycles. The lowest BCUT2D eigenvalue weighted by atomic mass is 9.90. The summed E-state index contributed by atoms with van der Waals surface area (Å²) < 4.78 is 22.9. The van der Waals surface area contributed by atoms with Crippen LogP contribution in [0.2, 0.25) is 5.02 Å². The van der Waals surface area contributed by atoms with Gasteiger partial charge in [-0.25, -0.2) is 8.42 Å². The Morgan fingerprint density at radius 2 is 2.14 bits per heavy atom. The van der Waals surface area contributed by atoms with Crippen LogP contribution in [-0.2, 0) is 9.84 Å². The quantitative estimate of drug-likeness (QED) is 0.492. The maximum atomic E-state index is 11.4. The maximum Gasteiger partial charge on any atom is 0.191 e. The van der Waals surface area contributed by atoms with E-state index in [1.54, 1.807) is 0 Å². The second kappa shape index (κ2) is 9.83. The first-order valence-corrected chi connectivity index (χ1v) is 12.2. The summed E-state index contributed by atoms with van der Waals surface area (Å²) in [6, 6.07) is 8.24. The van der Waals surface area contributed by atoms with Gasteiger partial charge in [-0.15, -0.1) is 0 Å². The number of hydrogen-bond acceptors (Lipinski definition) is 4. The molecule has 0 saturated carbocycles. The summed E-state index contributed by atoms with van der Waals surface area (Å²) in [7, 11) is -2.95. The normalized spacial score (nSPS) is 18.4. The standard InChI is InChI=1S/C20H33ClN4O2S/c1-5-22-19(23-15-20(2,3)10-12-28(4,26)27)24-17-9-11-25(14-17)18-8-6-7-16(21)13-18/h6-8,13,17H,5,9-12,14-15H2,1-4H3,(H2,22,23,24). The summed E-state index contributed by atoms with van der Waals surface area (Å²) in [5.74, 6) is 0.976. The van der Waals surface area contributed by atoms with Crippen LogP contribution >= 0.6 is 11.6 Å². The molecule has 0 spiro atoms. The van der Waals surface area contributed by atoms with Gasteiger partial charge in [0.05, 0.1) is 5.75 Å². The van der Waals surface area contributed by atoms with Crippen LogP contribution in [0.25, 0.3) is 0 Å². The molecule has 2 N–H and O–H groups in total. The lowest BCUT2D eigenvalue weighted by molar-refractivity contribution is 0.365. The highest BCUT2D eigenvalue weighted by Gasteiger charge is 2.24. The number of sulfone groups is 1. The summed E-state index contributed by atoms with van der Waals surface area (Å²) >= 11 is 6.11. The van der Waals surface area contributed by atoms with E-state index in [0.717, 1.165) is 42.7 Å². The highest BCUT2D eigenvalue weighted by molar-refractivity contribution is 7.90. The number of hydrogen-bond donors (Lipinski definition) is 2. The van der Waals surface area contributed by atoms with Crippen LogP contribution in [-0.4, -0.2) is 58.6 Å². The van der Waals surface area contributed by atoms with E-state index in [-0.39, 0.29) is 11.2 Å². The van der Waals surface area contributed by atoms with Gasteiger partial charge >= 0.3 is 0 Å². The molecule has 0 bridgehead atoms. The van der Waals surface area contributed by atoms with E-state index in [2.05, 4.69) is 35.4 Å². The van der Waals surface area contributed by atoms with Gasteiger partial charge in [-0.1, -0.05) is 31.5 Å². The fourth-order valence-electron chi connectivity index (χ4n) is 3.13. The summed E-state index contributed by atoms with van der Waals surface area (Å²) in [6.45, 7) is 9.37. The monoisotopic (exact) mass is 428 g/mol. The van der Waals surface area contributed by atoms with Crippen molar-refractivity contribution in [3.63, 3.8) is 0 Å². The molecule has 8 heteroatoms. The molecule has 1 heterocycles. The number of halogens is 1. The second-order valence-electron chi connectivity index (χ2n) is 8.30. The summed E-state index contributed by atoms with van der Waals surface area (Å²) in [4.78, 5) is 7.04. The predicted octanol–water partition coefficient (Wildman–Crippen LogP) is 2.93. The lowest BCUT2D eigenvalue weighted by Crippen LogP contribution is -2.45. The van der Waals surface area contributed by atoms with E-state index in [0.29, 0.717) is 19.0 Å². The Kier molecular flexibility index (Phi) is 8.01. The molecule has 158 valence electrons. The molecule has 28 heavy (non-hydrogen) atoms. The lowest BCUT2D eigenvalue weighted by Gasteiger charge is -2.24. The van der Waals surface area contributed by atoms with Gasteiger partial charge in [-0.2, -0.15) is 0 Å². The Bertz CT molecular complexity index is 780. The third kappa shape index (κ3) is 7.87. The third-order valence-corrected chi connectivity index (χ3v) is 6.04. The number of benzene rings is 1. The van der Waals surface area contributed by atoms with E-state index >= 15 is 0 Å². The van der Waals surface area contributed by atoms with Crippen LogP contribution in [0.4, 0.5) is 5.69 Å². The molecule has 6 nitrogen and oxygen atoms in total. The fraction of sp³-hybridized carbons (Fsp3) is 0.650. The first kappa shape index (κ1) is 22.8. The minimum absolute atomic E-state index is 0.173. The Hall–Kier alpha value is -1.47. The van der Waals surface area contributed by atoms with Gasteiger partial charge in [0, 0.05) is 49.2 Å². The highest BCUT2D eigenvalue weighted by Crippen LogP contribution is 2.24. The Labute approximate surface area is 174 Å². The van der Waals surface area contributed by atoms with Crippen molar-refractivity contribution < 1.29 is 8.42 Å². The Morgan fingerprint density at radius 1 is 1.39 bits per heavy atom. The van der Waals surface area contributed by atoms with E-state index in [9.17, 15) is 8.42 Å². The van der Waals surface area contributed by atoms with Crippen LogP contribution in [0.1, 0.15) is 33.6 Å². The molecule has 0 aliphatic carbocycles. The number of nitrogens with one attached hydrogen (secondary N) is 2. The zero-order valence-corrected chi connectivity index (χ0v) is 18.9. The molecule has 2 rings (SSSR count). The van der Waals surface area contributed by atoms with Gasteiger partial charge < -0.3 is 15.5 Å². The van der Waals surface area contributed by atoms with Crippen molar-refractivity contribution in [3.8, 4) is 0 Å². The average Bonchev–Trinajstić information content (AvgIpc) is 3.06. The van der Waals surface area contributed by atoms with Crippen molar-refractivity contribution in [1.82, 2.24) is 10.6 Å². The van der Waals surface area contributed by atoms with Crippen molar-refractivity contribution in [1.29, 1.82) is 0 Å². The van der Waals surface area contributed by atoms with Gasteiger partial charge in [0.2, 0.25) is 0 Å². The molecule has 1 unspecified atom stereocenters. The number of aliphatic imine (C=N–C) groups is 1. The van der Waals surface area contributed by atoms with E-state index < -0.39 is 9.84 Å². The molecule has 1 fully saturated rings. The highest BCUT2D eigenvalue weighted by atomic mass is 35.5. The first-order chi connectivity index (χ1) is 13.1. The summed E-state index contributed by atoms with van der Waals surface area (Å²) in [5.41, 5.74) is 0.967. The van der Waals surface area contributed by atoms with Gasteiger partial charge in [0.15, 0.2) is 5.96 Å². The van der Waals surface area contributed by atoms with Crippen molar-refractivity contribution in [3.05, 3.63) is 29.3 Å². The van der Waals surface area contributed by atoms with Gasteiger partial charge in [0.25, 0.3) is 0 Å². The van der Waals surface area contributed by atoms with E-state index in [4.69, 9.17) is 16.6 Å². The zero-order chi connectivity index (χ0) is 20.8. The van der Waals surface area contributed by atoms with Crippen LogP contribution in [0.3, 0.4) is 0 Å². The van der Waals surface area contributed by atoms with Crippen molar-refractivity contribution in [2.24, 2.45) is 10.4 Å². The first-order valence-electron chi connectivity index (χ1n) is 9.81. The predicted molar refractivity (Wildman–Crippen MR) is 119 cm³/mol. The fourth-order valence-corrected chi connectivity index (χ4v) is 4.24. The van der Waals surface area contributed by atoms with Crippen LogP contribution in [0.5, 0.6) is 0 Å². The number of anilines is 1. The Morgan fingerprint density at radius 3 is 2.79 bits per heavy atom. The maximum absolute atomic E-state index is 11.4. The van der Waals surface area contributed by atoms with Crippen LogP contribution < -0.4 is 15.5 Å². The van der Waals surface area contributed by atoms with Gasteiger partial charge in [-0.3, -0.25) is 4.99 Å². The molecule has 0 amide bonds. The molecule has 0 aromatic heterocycles. The molecule has 1 aliphatic heterocycles. The van der Waals surface area contributed by atoms with Crippen LogP contribution in [0.15, 0.2) is 29.3 Å². The molecule has 1 aliphatic rings. The zero-order valence-electron chi connectivity index (χ0n) is 17.3. The topological polar surface area (TPSA) is 73.8 Å². The van der Waals surface area contributed by atoms with E-state index in [1.807, 2.05) is 25.1 Å². The average molecular weight is 429 g/mol. The molecular weight excluding hydrogens is 396 g/mol. The second-order valence-corrected chi connectivity index (χ2v) is 11.0. The van der Waals surface area contributed by atoms with Gasteiger partial charge in [0.1, 0.15) is 9.84 Å². The van der Waals surface area contributed by atoms with Crippen molar-refractivity contribution in [2.75, 3.05) is 43.1 Å². The molecule has 1 atom stereocenters. The van der Waals surface area contributed by atoms with E-state index in [1.165, 1.54) is 6.26 Å². The summed E-state index contributed by atoms with van der Waals surface area (Å²) in [6.07, 6.45) is 2.90. The number of nitrogens with zero attached hydrogens (tertiary/aromatic N) is 2. The minimum atomic E-state index is -2.95. The van der Waals surface area contributed by atoms with Crippen molar-refractivity contribution in [2.45, 2.75) is 39.7 Å². The largest absolute Gasteiger partial charge is 0.369 e. The molecule has 1 saturated heterocycles. The smallest absolute Gasteiger partial charge is 0.191 e. The third-order valence-electron chi connectivity index (χ3n) is 4.86. The minimum Gasteiger partial charge on any atom is -0.369 e. The molecular formula is C20H33ClN4O2S. The van der Waals surface area contributed by atoms with Gasteiger partial charge in [-0.05, 0) is 43.4 Å². The molecule has 1 aromatic rings. The summed E-state index contributed by atoms with van der Waals surface area (Å²) in [5, 5.41) is 7.57. The SMILES string of the molecule is CCNC(=NCC(C)(C)CCS(C)(=O)=O)NC1CCN(c2cccc(Cl)c2)C1. The van der Waals surface area contributed by atoms with Crippen LogP contribution in [0, 0.1) is 5.41 Å². The molecule has 0 radical (unpaired) electrons. The Balaban J connectivity index is 1.94. The van der Waals surface area contributed by atoms with Crippen molar-refractivity contribution >= 4 is 33.1 Å². The number of rotatable bonds is 8. The number of guanidine groups is 1.